The van der Waals surface area contributed by atoms with Crippen LogP contribution in [0, 0.1) is 12.8 Å². The first-order chi connectivity index (χ1) is 6.99. The number of rotatable bonds is 4. The van der Waals surface area contributed by atoms with Crippen molar-refractivity contribution in [3.05, 3.63) is 28.0 Å². The summed E-state index contributed by atoms with van der Waals surface area (Å²) >= 11 is 9.68. The smallest absolute Gasteiger partial charge is 0.0448 e. The molecular formula is C12H17BrClN. The second-order valence-electron chi connectivity index (χ2n) is 4.35. The van der Waals surface area contributed by atoms with Gasteiger partial charge in [-0.3, -0.25) is 4.98 Å². The van der Waals surface area contributed by atoms with Gasteiger partial charge in [0.2, 0.25) is 0 Å². The fourth-order valence-corrected chi connectivity index (χ4v) is 2.54. The van der Waals surface area contributed by atoms with E-state index in [-0.39, 0.29) is 5.38 Å². The standard InChI is InChI=1S/C12H17BrClN/c1-8(2)4-11(14)6-12-9(3)5-10(13)7-15-12/h5,7-8,11H,4,6H2,1-3H3. The Morgan fingerprint density at radius 3 is 2.67 bits per heavy atom. The van der Waals surface area contributed by atoms with Crippen LogP contribution in [0.25, 0.3) is 0 Å². The van der Waals surface area contributed by atoms with E-state index in [2.05, 4.69) is 47.8 Å². The maximum atomic E-state index is 6.27. The lowest BCUT2D eigenvalue weighted by Gasteiger charge is -2.12. The highest BCUT2D eigenvalue weighted by Gasteiger charge is 2.11. The Kier molecular flexibility index (Phi) is 5.07. The highest BCUT2D eigenvalue weighted by atomic mass is 79.9. The quantitative estimate of drug-likeness (QED) is 0.751. The molecule has 0 N–H and O–H groups in total. The Balaban J connectivity index is 2.64. The van der Waals surface area contributed by atoms with E-state index in [9.17, 15) is 0 Å². The first-order valence-corrected chi connectivity index (χ1v) is 6.47. The largest absolute Gasteiger partial charge is 0.260 e. The molecule has 0 radical (unpaired) electrons. The molecule has 0 aliphatic heterocycles. The van der Waals surface area contributed by atoms with E-state index in [4.69, 9.17) is 11.6 Å². The van der Waals surface area contributed by atoms with Crippen LogP contribution >= 0.6 is 27.5 Å². The van der Waals surface area contributed by atoms with Crippen molar-refractivity contribution < 1.29 is 0 Å². The Hall–Kier alpha value is -0.0800. The monoisotopic (exact) mass is 289 g/mol. The van der Waals surface area contributed by atoms with E-state index in [1.54, 1.807) is 0 Å². The van der Waals surface area contributed by atoms with Gasteiger partial charge in [0.15, 0.2) is 0 Å². The molecule has 1 aromatic rings. The van der Waals surface area contributed by atoms with Gasteiger partial charge in [0.1, 0.15) is 0 Å². The average Bonchev–Trinajstić information content (AvgIpc) is 2.08. The number of alkyl halides is 1. The Labute approximate surface area is 105 Å². The third-order valence-electron chi connectivity index (χ3n) is 2.30. The molecule has 0 aliphatic rings. The minimum atomic E-state index is 0.192. The minimum Gasteiger partial charge on any atom is -0.260 e. The second-order valence-corrected chi connectivity index (χ2v) is 5.88. The number of hydrogen-bond acceptors (Lipinski definition) is 1. The summed E-state index contributed by atoms with van der Waals surface area (Å²) in [5, 5.41) is 0.192. The maximum absolute atomic E-state index is 6.27. The second kappa shape index (κ2) is 5.86. The van der Waals surface area contributed by atoms with Crippen molar-refractivity contribution in [2.45, 2.75) is 39.0 Å². The molecule has 1 unspecified atom stereocenters. The van der Waals surface area contributed by atoms with Crippen LogP contribution in [0.5, 0.6) is 0 Å². The van der Waals surface area contributed by atoms with Gasteiger partial charge in [-0.1, -0.05) is 13.8 Å². The molecule has 0 saturated carbocycles. The lowest BCUT2D eigenvalue weighted by molar-refractivity contribution is 0.558. The third kappa shape index (κ3) is 4.52. The number of aromatic nitrogens is 1. The van der Waals surface area contributed by atoms with Crippen LogP contribution in [-0.2, 0) is 6.42 Å². The normalized spacial score (nSPS) is 13.2. The maximum Gasteiger partial charge on any atom is 0.0448 e. The lowest BCUT2D eigenvalue weighted by Crippen LogP contribution is -2.09. The van der Waals surface area contributed by atoms with E-state index in [0.717, 1.165) is 23.0 Å². The molecule has 0 saturated heterocycles. The zero-order valence-electron chi connectivity index (χ0n) is 9.43. The molecule has 1 atom stereocenters. The molecule has 15 heavy (non-hydrogen) atoms. The SMILES string of the molecule is Cc1cc(Br)cnc1CC(Cl)CC(C)C. The predicted molar refractivity (Wildman–Crippen MR) is 69.5 cm³/mol. The van der Waals surface area contributed by atoms with Crippen LogP contribution in [0.3, 0.4) is 0 Å². The van der Waals surface area contributed by atoms with Gasteiger partial charge in [-0.15, -0.1) is 11.6 Å². The Morgan fingerprint density at radius 2 is 2.13 bits per heavy atom. The molecule has 0 amide bonds. The molecule has 1 rings (SSSR count). The van der Waals surface area contributed by atoms with Crippen molar-refractivity contribution in [2.75, 3.05) is 0 Å². The van der Waals surface area contributed by atoms with Gasteiger partial charge in [0, 0.05) is 28.2 Å². The van der Waals surface area contributed by atoms with Crippen LogP contribution in [0.1, 0.15) is 31.5 Å². The summed E-state index contributed by atoms with van der Waals surface area (Å²) in [4.78, 5) is 4.39. The molecule has 1 aromatic heterocycles. The van der Waals surface area contributed by atoms with Crippen molar-refractivity contribution in [3.8, 4) is 0 Å². The van der Waals surface area contributed by atoms with E-state index >= 15 is 0 Å². The highest BCUT2D eigenvalue weighted by molar-refractivity contribution is 9.10. The fraction of sp³-hybridized carbons (Fsp3) is 0.583. The first-order valence-electron chi connectivity index (χ1n) is 5.24. The molecular weight excluding hydrogens is 273 g/mol. The van der Waals surface area contributed by atoms with Crippen molar-refractivity contribution >= 4 is 27.5 Å². The van der Waals surface area contributed by atoms with Gasteiger partial charge in [0.25, 0.3) is 0 Å². The number of pyridine rings is 1. The summed E-state index contributed by atoms with van der Waals surface area (Å²) in [6.07, 6.45) is 3.74. The number of halogens is 2. The predicted octanol–water partition coefficient (Wildman–Crippen LogP) is 4.35. The van der Waals surface area contributed by atoms with Gasteiger partial charge in [-0.2, -0.15) is 0 Å². The summed E-state index contributed by atoms with van der Waals surface area (Å²) in [7, 11) is 0. The summed E-state index contributed by atoms with van der Waals surface area (Å²) in [6, 6.07) is 2.08. The van der Waals surface area contributed by atoms with Gasteiger partial charge in [0.05, 0.1) is 0 Å². The molecule has 0 fully saturated rings. The van der Waals surface area contributed by atoms with Gasteiger partial charge < -0.3 is 0 Å². The van der Waals surface area contributed by atoms with E-state index in [1.807, 2.05) is 6.20 Å². The fourth-order valence-electron chi connectivity index (χ4n) is 1.59. The topological polar surface area (TPSA) is 12.9 Å². The van der Waals surface area contributed by atoms with Crippen LogP contribution < -0.4 is 0 Å². The van der Waals surface area contributed by atoms with Crippen LogP contribution in [-0.4, -0.2) is 10.4 Å². The van der Waals surface area contributed by atoms with Crippen LogP contribution in [0.15, 0.2) is 16.7 Å². The summed E-state index contributed by atoms with van der Waals surface area (Å²) in [6.45, 7) is 6.46. The zero-order chi connectivity index (χ0) is 11.4. The number of nitrogens with zero attached hydrogens (tertiary/aromatic N) is 1. The first kappa shape index (κ1) is 13.0. The molecule has 0 bridgehead atoms. The van der Waals surface area contributed by atoms with E-state index < -0.39 is 0 Å². The number of hydrogen-bond donors (Lipinski definition) is 0. The molecule has 1 heterocycles. The van der Waals surface area contributed by atoms with E-state index in [1.165, 1.54) is 5.56 Å². The van der Waals surface area contributed by atoms with Gasteiger partial charge in [-0.05, 0) is 46.8 Å². The average molecular weight is 291 g/mol. The van der Waals surface area contributed by atoms with Crippen LogP contribution in [0.2, 0.25) is 0 Å². The third-order valence-corrected chi connectivity index (χ3v) is 3.06. The summed E-state index contributed by atoms with van der Waals surface area (Å²) in [5.41, 5.74) is 2.32. The molecule has 84 valence electrons. The number of aryl methyl sites for hydroxylation is 1. The minimum absolute atomic E-state index is 0.192. The Bertz CT molecular complexity index is 325. The molecule has 3 heteroatoms. The van der Waals surface area contributed by atoms with E-state index in [0.29, 0.717) is 5.92 Å². The highest BCUT2D eigenvalue weighted by Crippen LogP contribution is 2.19. The van der Waals surface area contributed by atoms with Crippen molar-refractivity contribution in [1.29, 1.82) is 0 Å². The van der Waals surface area contributed by atoms with Crippen LogP contribution in [0.4, 0.5) is 0 Å². The van der Waals surface area contributed by atoms with Crippen molar-refractivity contribution in [1.82, 2.24) is 4.98 Å². The Morgan fingerprint density at radius 1 is 1.47 bits per heavy atom. The van der Waals surface area contributed by atoms with Crippen molar-refractivity contribution in [2.24, 2.45) is 5.92 Å². The van der Waals surface area contributed by atoms with Crippen molar-refractivity contribution in [3.63, 3.8) is 0 Å². The molecule has 0 spiro atoms. The molecule has 1 nitrogen and oxygen atoms in total. The lowest BCUT2D eigenvalue weighted by atomic mass is 10.0. The summed E-state index contributed by atoms with van der Waals surface area (Å²) in [5.74, 6) is 0.642. The zero-order valence-corrected chi connectivity index (χ0v) is 11.8. The molecule has 0 aromatic carbocycles. The van der Waals surface area contributed by atoms with Gasteiger partial charge in [-0.25, -0.2) is 0 Å². The molecule has 0 aliphatic carbocycles. The van der Waals surface area contributed by atoms with Gasteiger partial charge >= 0.3 is 0 Å². The summed E-state index contributed by atoms with van der Waals surface area (Å²) < 4.78 is 1.03.